The molecule has 0 bridgehead atoms. The third kappa shape index (κ3) is 10.3. The Morgan fingerprint density at radius 1 is 0.528 bits per heavy atom. The molecular formula is C24H32O11S. The van der Waals surface area contributed by atoms with Crippen molar-refractivity contribution in [2.24, 2.45) is 0 Å². The third-order valence-electron chi connectivity index (χ3n) is 4.74. The van der Waals surface area contributed by atoms with E-state index in [4.69, 9.17) is 37.9 Å². The number of hydrogen-bond donors (Lipinski definition) is 1. The minimum absolute atomic E-state index is 0.115. The van der Waals surface area contributed by atoms with Crippen molar-refractivity contribution >= 4 is 10.1 Å². The van der Waals surface area contributed by atoms with Gasteiger partial charge in [-0.15, -0.1) is 0 Å². The van der Waals surface area contributed by atoms with Gasteiger partial charge in [-0.2, -0.15) is 8.42 Å². The first-order valence-corrected chi connectivity index (χ1v) is 13.0. The van der Waals surface area contributed by atoms with Crippen molar-refractivity contribution in [1.82, 2.24) is 0 Å². The second-order valence-electron chi connectivity index (χ2n) is 7.39. The van der Waals surface area contributed by atoms with Crippen LogP contribution in [-0.4, -0.2) is 92.3 Å². The predicted molar refractivity (Wildman–Crippen MR) is 128 cm³/mol. The maximum Gasteiger partial charge on any atom is 0.294 e. The largest absolute Gasteiger partial charge is 0.487 e. The molecule has 0 saturated carbocycles. The molecule has 0 amide bonds. The lowest BCUT2D eigenvalue weighted by Gasteiger charge is -2.16. The lowest BCUT2D eigenvalue weighted by atomic mass is 10.3. The van der Waals surface area contributed by atoms with E-state index in [2.05, 4.69) is 0 Å². The van der Waals surface area contributed by atoms with Gasteiger partial charge in [0.05, 0.1) is 71.0 Å². The minimum Gasteiger partial charge on any atom is -0.487 e. The summed E-state index contributed by atoms with van der Waals surface area (Å²) in [6, 6.07) is 10.8. The van der Waals surface area contributed by atoms with Crippen LogP contribution < -0.4 is 14.2 Å². The van der Waals surface area contributed by atoms with Gasteiger partial charge < -0.3 is 37.9 Å². The second kappa shape index (κ2) is 15.6. The predicted octanol–water partition coefficient (Wildman–Crippen LogP) is 2.58. The Hall–Kier alpha value is -2.45. The van der Waals surface area contributed by atoms with Gasteiger partial charge in [0.2, 0.25) is 0 Å². The van der Waals surface area contributed by atoms with Crippen LogP contribution in [0.3, 0.4) is 0 Å². The van der Waals surface area contributed by atoms with E-state index in [-0.39, 0.29) is 36.2 Å². The fourth-order valence-corrected chi connectivity index (χ4v) is 3.52. The molecule has 1 aliphatic heterocycles. The Labute approximate surface area is 210 Å². The molecule has 200 valence electrons. The molecule has 0 aromatic heterocycles. The van der Waals surface area contributed by atoms with Crippen LogP contribution in [0.1, 0.15) is 0 Å². The molecule has 11 nitrogen and oxygen atoms in total. The van der Waals surface area contributed by atoms with Crippen molar-refractivity contribution in [2.75, 3.05) is 79.3 Å². The summed E-state index contributed by atoms with van der Waals surface area (Å²) in [6.07, 6.45) is 0. The molecular weight excluding hydrogens is 496 g/mol. The van der Waals surface area contributed by atoms with Crippen molar-refractivity contribution < 1.29 is 50.9 Å². The maximum atomic E-state index is 11.6. The van der Waals surface area contributed by atoms with Crippen LogP contribution in [0.2, 0.25) is 0 Å². The normalized spacial score (nSPS) is 18.2. The van der Waals surface area contributed by atoms with Gasteiger partial charge >= 0.3 is 0 Å². The van der Waals surface area contributed by atoms with Crippen LogP contribution in [0.25, 0.3) is 0 Å². The third-order valence-corrected chi connectivity index (χ3v) is 5.59. The fraction of sp³-hybridized carbons (Fsp3) is 0.500. The minimum atomic E-state index is -4.43. The Bertz CT molecular complexity index is 1010. The van der Waals surface area contributed by atoms with Gasteiger partial charge in [-0.25, -0.2) is 0 Å². The molecule has 1 aliphatic rings. The van der Waals surface area contributed by atoms with E-state index in [0.29, 0.717) is 71.0 Å². The molecule has 1 N–H and O–H groups in total. The number of para-hydroxylation sites is 2. The summed E-state index contributed by atoms with van der Waals surface area (Å²) in [7, 11) is -4.43. The summed E-state index contributed by atoms with van der Waals surface area (Å²) in [5.74, 6) is 1.23. The highest BCUT2D eigenvalue weighted by Crippen LogP contribution is 2.37. The molecule has 0 radical (unpaired) electrons. The zero-order chi connectivity index (χ0) is 25.5. The van der Waals surface area contributed by atoms with Crippen molar-refractivity contribution in [2.45, 2.75) is 4.90 Å². The standard InChI is InChI=1S/C24H32O11S/c25-36(26,27)20-5-6-23-24(19-20)34-18-16-32-14-12-30-10-8-28-7-9-29-11-13-31-15-17-33-21-3-1-2-4-22(21)35-23/h1-6,19H,7-18H2,(H,25,26,27). The number of benzene rings is 2. The van der Waals surface area contributed by atoms with Crippen LogP contribution in [-0.2, 0) is 33.8 Å². The van der Waals surface area contributed by atoms with Crippen LogP contribution in [0, 0.1) is 0 Å². The number of hydrogen-bond acceptors (Lipinski definition) is 10. The number of fused-ring (bicyclic) bond motifs is 2. The molecule has 2 aromatic carbocycles. The van der Waals surface area contributed by atoms with Gasteiger partial charge in [0.15, 0.2) is 23.0 Å². The van der Waals surface area contributed by atoms with E-state index < -0.39 is 10.1 Å². The first-order valence-electron chi connectivity index (χ1n) is 11.6. The van der Waals surface area contributed by atoms with Gasteiger partial charge in [-0.05, 0) is 24.3 Å². The molecule has 12 heteroatoms. The van der Waals surface area contributed by atoms with Gasteiger partial charge in [-0.3, -0.25) is 4.55 Å². The first kappa shape index (κ1) is 28.1. The quantitative estimate of drug-likeness (QED) is 0.549. The first-order chi connectivity index (χ1) is 17.5. The highest BCUT2D eigenvalue weighted by Gasteiger charge is 2.16. The van der Waals surface area contributed by atoms with E-state index >= 15 is 0 Å². The van der Waals surface area contributed by atoms with Crippen LogP contribution in [0.5, 0.6) is 23.0 Å². The molecule has 0 spiro atoms. The van der Waals surface area contributed by atoms with Crippen molar-refractivity contribution in [3.05, 3.63) is 42.5 Å². The van der Waals surface area contributed by atoms with E-state index in [1.54, 1.807) is 24.3 Å². The Kier molecular flexibility index (Phi) is 12.2. The Morgan fingerprint density at radius 2 is 0.944 bits per heavy atom. The van der Waals surface area contributed by atoms with Gasteiger partial charge in [-0.1, -0.05) is 12.1 Å². The molecule has 0 unspecified atom stereocenters. The van der Waals surface area contributed by atoms with Gasteiger partial charge in [0, 0.05) is 6.07 Å². The van der Waals surface area contributed by atoms with Crippen molar-refractivity contribution in [3.8, 4) is 23.0 Å². The molecule has 0 atom stereocenters. The zero-order valence-corrected chi connectivity index (χ0v) is 20.8. The Morgan fingerprint density at radius 3 is 1.44 bits per heavy atom. The van der Waals surface area contributed by atoms with E-state index in [0.717, 1.165) is 0 Å². The van der Waals surface area contributed by atoms with E-state index in [1.807, 2.05) is 0 Å². The average Bonchev–Trinajstić information content (AvgIpc) is 2.86. The molecule has 0 fully saturated rings. The highest BCUT2D eigenvalue weighted by molar-refractivity contribution is 7.85. The summed E-state index contributed by atoms with van der Waals surface area (Å²) in [6.45, 7) is 4.42. The smallest absolute Gasteiger partial charge is 0.294 e. The fourth-order valence-electron chi connectivity index (χ4n) is 3.02. The number of rotatable bonds is 1. The van der Waals surface area contributed by atoms with Crippen LogP contribution in [0.15, 0.2) is 47.4 Å². The molecule has 1 heterocycles. The summed E-state index contributed by atoms with van der Waals surface area (Å²) >= 11 is 0. The SMILES string of the molecule is O=S(=O)(O)c1ccc2c(c1)OCCOCCOCCOCCOCCOCCOc1ccccc1O2. The van der Waals surface area contributed by atoms with Crippen molar-refractivity contribution in [3.63, 3.8) is 0 Å². The van der Waals surface area contributed by atoms with Crippen molar-refractivity contribution in [1.29, 1.82) is 0 Å². The molecule has 0 aliphatic carbocycles. The molecule has 36 heavy (non-hydrogen) atoms. The molecule has 2 aromatic rings. The zero-order valence-electron chi connectivity index (χ0n) is 20.0. The maximum absolute atomic E-state index is 11.6. The summed E-state index contributed by atoms with van der Waals surface area (Å²) in [5, 5.41) is 0. The monoisotopic (exact) mass is 528 g/mol. The molecule has 3 rings (SSSR count). The summed E-state index contributed by atoms with van der Waals surface area (Å²) < 4.78 is 77.5. The van der Waals surface area contributed by atoms with Crippen LogP contribution >= 0.6 is 0 Å². The van der Waals surface area contributed by atoms with Gasteiger partial charge in [0.25, 0.3) is 10.1 Å². The highest BCUT2D eigenvalue weighted by atomic mass is 32.2. The summed E-state index contributed by atoms with van der Waals surface area (Å²) in [4.78, 5) is -0.319. The number of ether oxygens (including phenoxy) is 8. The topological polar surface area (TPSA) is 128 Å². The lowest BCUT2D eigenvalue weighted by Crippen LogP contribution is -2.15. The average molecular weight is 529 g/mol. The lowest BCUT2D eigenvalue weighted by molar-refractivity contribution is -0.0143. The van der Waals surface area contributed by atoms with E-state index in [9.17, 15) is 13.0 Å². The van der Waals surface area contributed by atoms with E-state index in [1.165, 1.54) is 18.2 Å². The summed E-state index contributed by atoms with van der Waals surface area (Å²) in [5.41, 5.74) is 0. The second-order valence-corrected chi connectivity index (χ2v) is 8.81. The van der Waals surface area contributed by atoms with Crippen LogP contribution in [0.4, 0.5) is 0 Å². The molecule has 0 saturated heterocycles. The Balaban J connectivity index is 1.69. The van der Waals surface area contributed by atoms with Gasteiger partial charge in [0.1, 0.15) is 13.2 Å².